The lowest BCUT2D eigenvalue weighted by Crippen LogP contribution is -2.65. The maximum atomic E-state index is 4.76. The van der Waals surface area contributed by atoms with Crippen molar-refractivity contribution in [3.63, 3.8) is 0 Å². The maximum absolute atomic E-state index is 4.76. The van der Waals surface area contributed by atoms with Crippen molar-refractivity contribution in [3.8, 4) is 0 Å². The molecule has 4 bridgehead atoms. The third-order valence-electron chi connectivity index (χ3n) is 6.22. The van der Waals surface area contributed by atoms with E-state index < -0.39 is 0 Å². The molecule has 4 aliphatic carbocycles. The van der Waals surface area contributed by atoms with Gasteiger partial charge in [0.2, 0.25) is 0 Å². The molecular weight excluding hydrogens is 196 g/mol. The molecule has 0 aromatic carbocycles. The van der Waals surface area contributed by atoms with Crippen molar-refractivity contribution in [2.45, 2.75) is 44.6 Å². The first-order valence-corrected chi connectivity index (χ1v) is 6.95. The van der Waals surface area contributed by atoms with Crippen LogP contribution in [0, 0.1) is 23.7 Å². The summed E-state index contributed by atoms with van der Waals surface area (Å²) in [6.07, 6.45) is 7.55. The smallest absolute Gasteiger partial charge is 0.0961 e. The SMILES string of the molecule is CC1=NCC2(C3CC4CC(C3)CC2C4)N1C. The quantitative estimate of drug-likeness (QED) is 0.610. The van der Waals surface area contributed by atoms with Crippen LogP contribution in [0.4, 0.5) is 0 Å². The first-order valence-electron chi connectivity index (χ1n) is 6.95. The van der Waals surface area contributed by atoms with Gasteiger partial charge in [0, 0.05) is 7.05 Å². The van der Waals surface area contributed by atoms with Crippen LogP contribution in [0.5, 0.6) is 0 Å². The highest BCUT2D eigenvalue weighted by atomic mass is 15.3. The number of rotatable bonds is 0. The topological polar surface area (TPSA) is 15.6 Å². The fourth-order valence-corrected chi connectivity index (χ4v) is 5.56. The molecule has 0 N–H and O–H groups in total. The van der Waals surface area contributed by atoms with E-state index in [9.17, 15) is 0 Å². The number of amidine groups is 1. The minimum absolute atomic E-state index is 0.456. The summed E-state index contributed by atoms with van der Waals surface area (Å²) in [7, 11) is 2.30. The van der Waals surface area contributed by atoms with E-state index in [1.807, 2.05) is 0 Å². The molecule has 4 saturated carbocycles. The van der Waals surface area contributed by atoms with Crippen LogP contribution in [0.25, 0.3) is 0 Å². The number of hydrogen-bond acceptors (Lipinski definition) is 2. The van der Waals surface area contributed by atoms with Crippen molar-refractivity contribution in [1.29, 1.82) is 0 Å². The van der Waals surface area contributed by atoms with E-state index in [1.54, 1.807) is 6.42 Å². The molecule has 1 spiro atoms. The number of hydrogen-bond donors (Lipinski definition) is 0. The minimum Gasteiger partial charge on any atom is -0.356 e. The Labute approximate surface area is 98.1 Å². The Morgan fingerprint density at radius 3 is 2.06 bits per heavy atom. The van der Waals surface area contributed by atoms with Gasteiger partial charge < -0.3 is 4.90 Å². The fourth-order valence-electron chi connectivity index (χ4n) is 5.56. The second kappa shape index (κ2) is 2.83. The summed E-state index contributed by atoms with van der Waals surface area (Å²) in [4.78, 5) is 7.31. The van der Waals surface area contributed by atoms with Gasteiger partial charge in [0.25, 0.3) is 0 Å². The lowest BCUT2D eigenvalue weighted by molar-refractivity contribution is -0.0950. The van der Waals surface area contributed by atoms with Gasteiger partial charge in [0.05, 0.1) is 17.9 Å². The summed E-state index contributed by atoms with van der Waals surface area (Å²) < 4.78 is 0. The van der Waals surface area contributed by atoms with Crippen molar-refractivity contribution in [1.82, 2.24) is 4.90 Å². The lowest BCUT2D eigenvalue weighted by atomic mass is 9.48. The molecule has 0 saturated heterocycles. The van der Waals surface area contributed by atoms with Crippen LogP contribution in [0.1, 0.15) is 39.0 Å². The summed E-state index contributed by atoms with van der Waals surface area (Å²) in [6.45, 7) is 3.30. The molecule has 0 amide bonds. The Morgan fingerprint density at radius 1 is 1.06 bits per heavy atom. The molecule has 1 aliphatic heterocycles. The van der Waals surface area contributed by atoms with Crippen molar-refractivity contribution in [2.75, 3.05) is 13.6 Å². The Kier molecular flexibility index (Phi) is 1.68. The average molecular weight is 218 g/mol. The van der Waals surface area contributed by atoms with E-state index in [-0.39, 0.29) is 0 Å². The van der Waals surface area contributed by atoms with Gasteiger partial charge in [-0.25, -0.2) is 0 Å². The highest BCUT2D eigenvalue weighted by Gasteiger charge is 2.60. The Morgan fingerprint density at radius 2 is 1.62 bits per heavy atom. The summed E-state index contributed by atoms with van der Waals surface area (Å²) in [6, 6.07) is 0. The van der Waals surface area contributed by atoms with E-state index in [0.717, 1.165) is 30.2 Å². The van der Waals surface area contributed by atoms with Crippen LogP contribution in [-0.4, -0.2) is 29.9 Å². The largest absolute Gasteiger partial charge is 0.356 e. The molecule has 1 heterocycles. The molecule has 2 heteroatoms. The highest BCUT2D eigenvalue weighted by Crippen LogP contribution is 2.60. The monoisotopic (exact) mass is 218 g/mol. The zero-order valence-corrected chi connectivity index (χ0v) is 10.4. The Bertz CT molecular complexity index is 330. The molecule has 5 rings (SSSR count). The van der Waals surface area contributed by atoms with Gasteiger partial charge in [-0.15, -0.1) is 0 Å². The molecule has 2 nitrogen and oxygen atoms in total. The van der Waals surface area contributed by atoms with Crippen molar-refractivity contribution in [2.24, 2.45) is 28.7 Å². The first kappa shape index (κ1) is 9.49. The van der Waals surface area contributed by atoms with Crippen LogP contribution in [0.15, 0.2) is 4.99 Å². The second-order valence-corrected chi connectivity index (χ2v) is 6.72. The third-order valence-corrected chi connectivity index (χ3v) is 6.22. The molecule has 0 aromatic rings. The molecule has 0 radical (unpaired) electrons. The van der Waals surface area contributed by atoms with Crippen LogP contribution in [-0.2, 0) is 0 Å². The molecule has 0 unspecified atom stereocenters. The van der Waals surface area contributed by atoms with Crippen LogP contribution in [0.3, 0.4) is 0 Å². The normalized spacial score (nSPS) is 53.9. The zero-order chi connectivity index (χ0) is 10.9. The molecule has 5 aliphatic rings. The van der Waals surface area contributed by atoms with Crippen LogP contribution < -0.4 is 0 Å². The third kappa shape index (κ3) is 0.930. The standard InChI is InChI=1S/C14H22N2/c1-9-15-8-14(16(9)2)12-4-10-3-11(6-12)7-13(14)5-10/h10-13H,3-8H2,1-2H3. The van der Waals surface area contributed by atoms with Gasteiger partial charge in [-0.05, 0) is 62.7 Å². The predicted molar refractivity (Wildman–Crippen MR) is 65.5 cm³/mol. The van der Waals surface area contributed by atoms with Crippen LogP contribution >= 0.6 is 0 Å². The van der Waals surface area contributed by atoms with Gasteiger partial charge in [0.15, 0.2) is 0 Å². The average Bonchev–Trinajstić information content (AvgIpc) is 2.54. The summed E-state index contributed by atoms with van der Waals surface area (Å²) in [5.41, 5.74) is 0.456. The lowest BCUT2D eigenvalue weighted by Gasteiger charge is -2.62. The van der Waals surface area contributed by atoms with Gasteiger partial charge >= 0.3 is 0 Å². The molecule has 0 aromatic heterocycles. The van der Waals surface area contributed by atoms with Gasteiger partial charge in [-0.2, -0.15) is 0 Å². The Hall–Kier alpha value is -0.530. The number of aliphatic imine (C=N–C) groups is 1. The first-order chi connectivity index (χ1) is 7.70. The molecule has 88 valence electrons. The molecule has 4 fully saturated rings. The van der Waals surface area contributed by atoms with Crippen molar-refractivity contribution >= 4 is 5.84 Å². The van der Waals surface area contributed by atoms with E-state index >= 15 is 0 Å². The van der Waals surface area contributed by atoms with E-state index in [4.69, 9.17) is 4.99 Å². The second-order valence-electron chi connectivity index (χ2n) is 6.72. The van der Waals surface area contributed by atoms with E-state index in [1.165, 1.54) is 31.5 Å². The van der Waals surface area contributed by atoms with Gasteiger partial charge in [-0.1, -0.05) is 0 Å². The molecular formula is C14H22N2. The van der Waals surface area contributed by atoms with Crippen molar-refractivity contribution in [3.05, 3.63) is 0 Å². The van der Waals surface area contributed by atoms with Crippen LogP contribution in [0.2, 0.25) is 0 Å². The van der Waals surface area contributed by atoms with Crippen molar-refractivity contribution < 1.29 is 0 Å². The van der Waals surface area contributed by atoms with E-state index in [2.05, 4.69) is 18.9 Å². The zero-order valence-electron chi connectivity index (χ0n) is 10.4. The summed E-state index contributed by atoms with van der Waals surface area (Å²) in [5, 5.41) is 0. The summed E-state index contributed by atoms with van der Waals surface area (Å²) in [5.74, 6) is 5.34. The molecule has 0 atom stereocenters. The summed E-state index contributed by atoms with van der Waals surface area (Å²) >= 11 is 0. The fraction of sp³-hybridized carbons (Fsp3) is 0.929. The number of nitrogens with zero attached hydrogens (tertiary/aromatic N) is 2. The predicted octanol–water partition coefficient (Wildman–Crippen LogP) is 2.55. The minimum atomic E-state index is 0.456. The molecule has 16 heavy (non-hydrogen) atoms. The Balaban J connectivity index is 1.75. The van der Waals surface area contributed by atoms with E-state index in [0.29, 0.717) is 5.54 Å². The van der Waals surface area contributed by atoms with Gasteiger partial charge in [-0.3, -0.25) is 4.99 Å². The highest BCUT2D eigenvalue weighted by molar-refractivity contribution is 5.82. The maximum Gasteiger partial charge on any atom is 0.0961 e. The number of likely N-dealkylation sites (N-methyl/N-ethyl adjacent to an activating group) is 1. The van der Waals surface area contributed by atoms with Gasteiger partial charge in [0.1, 0.15) is 0 Å².